The molecule has 1 aliphatic heterocycles. The van der Waals surface area contributed by atoms with E-state index in [-0.39, 0.29) is 11.8 Å². The zero-order valence-electron chi connectivity index (χ0n) is 21.9. The predicted octanol–water partition coefficient (Wildman–Crippen LogP) is 5.95. The molecule has 3 aromatic rings. The van der Waals surface area contributed by atoms with E-state index in [4.69, 9.17) is 4.74 Å². The summed E-state index contributed by atoms with van der Waals surface area (Å²) in [7, 11) is 0. The number of anilines is 1. The van der Waals surface area contributed by atoms with E-state index in [0.29, 0.717) is 36.1 Å². The lowest BCUT2D eigenvalue weighted by molar-refractivity contribution is 0.0983. The van der Waals surface area contributed by atoms with Crippen molar-refractivity contribution in [3.05, 3.63) is 82.7 Å². The third-order valence-corrected chi connectivity index (χ3v) is 6.89. The van der Waals surface area contributed by atoms with Crippen molar-refractivity contribution in [1.82, 2.24) is 15.6 Å². The number of carbonyl (C=O) groups is 2. The molecule has 194 valence electrons. The Hall–Kier alpha value is -3.71. The standard InChI is InChI=1S/C30H36N4O3/c1-4-29(35)28-18-26(11-14-32-28)37-25-7-5-23(6-8-25)19-33-30(36)34-27-16-21(3)20(2)15-24(27)17-22-9-12-31-13-10-22/h5-8,11,14-16,18,22,31H,4,9-10,12-13,17,19H2,1-3H3,(H2,33,34,36). The number of carbonyl (C=O) groups excluding carboxylic acids is 2. The van der Waals surface area contributed by atoms with E-state index < -0.39 is 0 Å². The van der Waals surface area contributed by atoms with E-state index >= 15 is 0 Å². The van der Waals surface area contributed by atoms with Gasteiger partial charge in [-0.25, -0.2) is 4.79 Å². The first kappa shape index (κ1) is 26.4. The molecule has 2 aromatic carbocycles. The molecule has 0 atom stereocenters. The second-order valence-electron chi connectivity index (χ2n) is 9.70. The van der Waals surface area contributed by atoms with Gasteiger partial charge in [-0.1, -0.05) is 25.1 Å². The molecule has 3 N–H and O–H groups in total. The number of amides is 2. The molecule has 7 nitrogen and oxygen atoms in total. The van der Waals surface area contributed by atoms with Gasteiger partial charge in [-0.3, -0.25) is 9.78 Å². The van der Waals surface area contributed by atoms with Crippen molar-refractivity contribution in [3.63, 3.8) is 0 Å². The van der Waals surface area contributed by atoms with E-state index in [2.05, 4.69) is 46.9 Å². The number of aromatic nitrogens is 1. The number of benzene rings is 2. The highest BCUT2D eigenvalue weighted by molar-refractivity contribution is 5.94. The highest BCUT2D eigenvalue weighted by atomic mass is 16.5. The summed E-state index contributed by atoms with van der Waals surface area (Å²) in [5.41, 5.74) is 5.86. The third kappa shape index (κ3) is 7.40. The van der Waals surface area contributed by atoms with Gasteiger partial charge in [-0.2, -0.15) is 0 Å². The minimum atomic E-state index is -0.222. The van der Waals surface area contributed by atoms with Crippen LogP contribution in [0.25, 0.3) is 0 Å². The van der Waals surface area contributed by atoms with Crippen molar-refractivity contribution >= 4 is 17.5 Å². The fourth-order valence-corrected chi connectivity index (χ4v) is 4.53. The summed E-state index contributed by atoms with van der Waals surface area (Å²) in [5, 5.41) is 9.46. The van der Waals surface area contributed by atoms with Gasteiger partial charge in [-0.15, -0.1) is 0 Å². The van der Waals surface area contributed by atoms with Gasteiger partial charge in [0.25, 0.3) is 0 Å². The zero-order chi connectivity index (χ0) is 26.2. The maximum absolute atomic E-state index is 12.8. The van der Waals surface area contributed by atoms with Crippen molar-refractivity contribution in [2.75, 3.05) is 18.4 Å². The summed E-state index contributed by atoms with van der Waals surface area (Å²) in [5.74, 6) is 1.82. The minimum Gasteiger partial charge on any atom is -0.457 e. The largest absolute Gasteiger partial charge is 0.457 e. The minimum absolute atomic E-state index is 0.0237. The lowest BCUT2D eigenvalue weighted by Gasteiger charge is -2.24. The Morgan fingerprint density at radius 1 is 1.00 bits per heavy atom. The maximum atomic E-state index is 12.8. The van der Waals surface area contributed by atoms with Gasteiger partial charge in [0.05, 0.1) is 0 Å². The third-order valence-electron chi connectivity index (χ3n) is 6.89. The Kier molecular flexibility index (Phi) is 8.90. The fraction of sp³-hybridized carbons (Fsp3) is 0.367. The van der Waals surface area contributed by atoms with Crippen molar-refractivity contribution in [3.8, 4) is 11.5 Å². The number of ether oxygens (including phenoxy) is 1. The molecule has 0 radical (unpaired) electrons. The molecule has 1 aromatic heterocycles. The van der Waals surface area contributed by atoms with E-state index in [1.54, 1.807) is 25.3 Å². The molecule has 0 aliphatic carbocycles. The summed E-state index contributed by atoms with van der Waals surface area (Å²) in [6.07, 6.45) is 5.28. The molecule has 0 bridgehead atoms. The summed E-state index contributed by atoms with van der Waals surface area (Å²) >= 11 is 0. The zero-order valence-corrected chi connectivity index (χ0v) is 21.9. The molecule has 2 heterocycles. The Morgan fingerprint density at radius 3 is 2.46 bits per heavy atom. The highest BCUT2D eigenvalue weighted by Crippen LogP contribution is 2.27. The van der Waals surface area contributed by atoms with Crippen LogP contribution in [0.2, 0.25) is 0 Å². The Morgan fingerprint density at radius 2 is 1.73 bits per heavy atom. The normalized spacial score (nSPS) is 13.7. The smallest absolute Gasteiger partial charge is 0.319 e. The average Bonchev–Trinajstić information content (AvgIpc) is 2.91. The molecule has 7 heteroatoms. The van der Waals surface area contributed by atoms with Gasteiger partial charge >= 0.3 is 6.03 Å². The molecule has 1 aliphatic rings. The first-order valence-electron chi connectivity index (χ1n) is 13.0. The molecule has 37 heavy (non-hydrogen) atoms. The second-order valence-corrected chi connectivity index (χ2v) is 9.70. The summed E-state index contributed by atoms with van der Waals surface area (Å²) in [4.78, 5) is 28.7. The van der Waals surface area contributed by atoms with Crippen LogP contribution in [0.1, 0.15) is 58.9 Å². The van der Waals surface area contributed by atoms with Crippen LogP contribution in [0.5, 0.6) is 11.5 Å². The fourth-order valence-electron chi connectivity index (χ4n) is 4.53. The number of urea groups is 1. The van der Waals surface area contributed by atoms with Crippen LogP contribution in [-0.2, 0) is 13.0 Å². The Balaban J connectivity index is 1.33. The molecule has 4 rings (SSSR count). The number of aryl methyl sites for hydroxylation is 2. The van der Waals surface area contributed by atoms with Crippen molar-refractivity contribution in [2.24, 2.45) is 5.92 Å². The van der Waals surface area contributed by atoms with Crippen molar-refractivity contribution in [2.45, 2.75) is 53.0 Å². The number of hydrogen-bond acceptors (Lipinski definition) is 5. The SMILES string of the molecule is CCC(=O)c1cc(Oc2ccc(CNC(=O)Nc3cc(C)c(C)cc3CC3CCNCC3)cc2)ccn1. The number of Topliss-reactive ketones (excluding diaryl/α,β-unsaturated/α-hetero) is 1. The Labute approximate surface area is 219 Å². The molecule has 0 saturated carbocycles. The van der Waals surface area contributed by atoms with Crippen LogP contribution in [0.3, 0.4) is 0 Å². The number of nitrogens with one attached hydrogen (secondary N) is 3. The number of ketones is 1. The monoisotopic (exact) mass is 500 g/mol. The molecule has 0 unspecified atom stereocenters. The molecular weight excluding hydrogens is 464 g/mol. The number of piperidine rings is 1. The quantitative estimate of drug-likeness (QED) is 0.316. The van der Waals surface area contributed by atoms with Crippen LogP contribution in [-0.4, -0.2) is 29.9 Å². The number of nitrogens with zero attached hydrogens (tertiary/aromatic N) is 1. The molecule has 2 amide bonds. The lowest BCUT2D eigenvalue weighted by atomic mass is 9.89. The van der Waals surface area contributed by atoms with Gasteiger partial charge in [0.1, 0.15) is 17.2 Å². The van der Waals surface area contributed by atoms with Gasteiger partial charge in [-0.05, 0) is 98.6 Å². The first-order valence-corrected chi connectivity index (χ1v) is 13.0. The van der Waals surface area contributed by atoms with Gasteiger partial charge < -0.3 is 20.7 Å². The van der Waals surface area contributed by atoms with E-state index in [1.807, 2.05) is 24.3 Å². The summed E-state index contributed by atoms with van der Waals surface area (Å²) in [6.45, 7) is 8.52. The van der Waals surface area contributed by atoms with Crippen LogP contribution < -0.4 is 20.7 Å². The van der Waals surface area contributed by atoms with E-state index in [9.17, 15) is 9.59 Å². The topological polar surface area (TPSA) is 92.3 Å². The van der Waals surface area contributed by atoms with E-state index in [1.165, 1.54) is 16.7 Å². The highest BCUT2D eigenvalue weighted by Gasteiger charge is 2.17. The van der Waals surface area contributed by atoms with Gasteiger partial charge in [0, 0.05) is 30.9 Å². The average molecular weight is 501 g/mol. The number of rotatable bonds is 9. The number of hydrogen-bond donors (Lipinski definition) is 3. The van der Waals surface area contributed by atoms with Crippen molar-refractivity contribution < 1.29 is 14.3 Å². The maximum Gasteiger partial charge on any atom is 0.319 e. The number of pyridine rings is 1. The predicted molar refractivity (Wildman–Crippen MR) is 146 cm³/mol. The van der Waals surface area contributed by atoms with Gasteiger partial charge in [0.2, 0.25) is 0 Å². The van der Waals surface area contributed by atoms with Crippen molar-refractivity contribution in [1.29, 1.82) is 0 Å². The van der Waals surface area contributed by atoms with Crippen LogP contribution in [0.4, 0.5) is 10.5 Å². The second kappa shape index (κ2) is 12.5. The first-order chi connectivity index (χ1) is 17.9. The molecular formula is C30H36N4O3. The van der Waals surface area contributed by atoms with E-state index in [0.717, 1.165) is 43.6 Å². The lowest BCUT2D eigenvalue weighted by Crippen LogP contribution is -2.30. The van der Waals surface area contributed by atoms with Gasteiger partial charge in [0.15, 0.2) is 5.78 Å². The van der Waals surface area contributed by atoms with Crippen LogP contribution in [0, 0.1) is 19.8 Å². The summed E-state index contributed by atoms with van der Waals surface area (Å²) < 4.78 is 5.87. The summed E-state index contributed by atoms with van der Waals surface area (Å²) in [6, 6.07) is 15.0. The van der Waals surface area contributed by atoms with Crippen LogP contribution in [0.15, 0.2) is 54.7 Å². The molecule has 1 saturated heterocycles. The molecule has 0 spiro atoms. The molecule has 1 fully saturated rings. The van der Waals surface area contributed by atoms with Crippen LogP contribution >= 0.6 is 0 Å². The Bertz CT molecular complexity index is 1230.